The molecule has 0 amide bonds. The highest BCUT2D eigenvalue weighted by atomic mass is 28.4. The van der Waals surface area contributed by atoms with E-state index in [4.69, 9.17) is 9.16 Å². The number of ether oxygens (including phenoxy) is 1. The summed E-state index contributed by atoms with van der Waals surface area (Å²) in [5.74, 6) is -0.294. The number of hydrogen-bond acceptors (Lipinski definition) is 3. The summed E-state index contributed by atoms with van der Waals surface area (Å²) in [6, 6.07) is 20.7. The van der Waals surface area contributed by atoms with Crippen molar-refractivity contribution < 1.29 is 14.0 Å². The Morgan fingerprint density at radius 1 is 0.885 bits per heavy atom. The molecule has 0 heterocycles. The molecule has 0 bridgehead atoms. The molecular formula is C22H30O3Si. The fraction of sp³-hybridized carbons (Fsp3) is 0.409. The molecule has 26 heavy (non-hydrogen) atoms. The van der Waals surface area contributed by atoms with Gasteiger partial charge in [-0.1, -0.05) is 95.3 Å². The van der Waals surface area contributed by atoms with E-state index in [1.165, 1.54) is 7.11 Å². The Labute approximate surface area is 158 Å². The molecular weight excluding hydrogens is 340 g/mol. The first kappa shape index (κ1) is 20.4. The topological polar surface area (TPSA) is 35.5 Å². The molecule has 0 aromatic heterocycles. The van der Waals surface area contributed by atoms with Gasteiger partial charge in [0.15, 0.2) is 0 Å². The molecule has 0 spiro atoms. The SMILES string of the molecule is COC(=O)[C@@H](O[Si](c1ccccc1)(c1ccccc1)C(C)(C)C)C(C)C. The molecule has 0 aliphatic heterocycles. The second-order valence-electron chi connectivity index (χ2n) is 7.97. The highest BCUT2D eigenvalue weighted by Gasteiger charge is 2.52. The van der Waals surface area contributed by atoms with Gasteiger partial charge in [0.25, 0.3) is 8.32 Å². The van der Waals surface area contributed by atoms with Gasteiger partial charge in [-0.2, -0.15) is 0 Å². The minimum absolute atomic E-state index is 0.0177. The van der Waals surface area contributed by atoms with E-state index in [1.807, 2.05) is 50.2 Å². The molecule has 0 saturated heterocycles. The molecule has 0 fully saturated rings. The summed E-state index contributed by atoms with van der Waals surface area (Å²) in [6.07, 6.45) is -0.605. The lowest BCUT2D eigenvalue weighted by Gasteiger charge is -2.45. The lowest BCUT2D eigenvalue weighted by atomic mass is 10.1. The molecule has 0 saturated carbocycles. The third kappa shape index (κ3) is 3.91. The van der Waals surface area contributed by atoms with E-state index in [9.17, 15) is 4.79 Å². The van der Waals surface area contributed by atoms with Crippen LogP contribution in [0.3, 0.4) is 0 Å². The van der Waals surface area contributed by atoms with Crippen molar-refractivity contribution >= 4 is 24.7 Å². The zero-order chi connectivity index (χ0) is 19.4. The van der Waals surface area contributed by atoms with E-state index in [2.05, 4.69) is 45.0 Å². The maximum Gasteiger partial charge on any atom is 0.334 e. The number of carbonyl (C=O) groups excluding carboxylic acids is 1. The molecule has 2 aromatic carbocycles. The summed E-state index contributed by atoms with van der Waals surface area (Å²) in [4.78, 5) is 12.5. The van der Waals surface area contributed by atoms with Crippen LogP contribution in [0.5, 0.6) is 0 Å². The zero-order valence-corrected chi connectivity index (χ0v) is 17.7. The second-order valence-corrected chi connectivity index (χ2v) is 12.2. The van der Waals surface area contributed by atoms with E-state index in [0.717, 1.165) is 10.4 Å². The van der Waals surface area contributed by atoms with Crippen LogP contribution in [-0.2, 0) is 14.0 Å². The standard InChI is InChI=1S/C22H30O3Si/c1-17(2)20(21(23)24-6)25-26(22(3,4)5,18-13-9-7-10-14-18)19-15-11-8-12-16-19/h7-17,20H,1-6H3/t20-/m0/s1. The smallest absolute Gasteiger partial charge is 0.334 e. The Bertz CT molecular complexity index is 666. The average Bonchev–Trinajstić information content (AvgIpc) is 2.62. The Hall–Kier alpha value is -1.91. The monoisotopic (exact) mass is 370 g/mol. The Morgan fingerprint density at radius 2 is 1.31 bits per heavy atom. The Kier molecular flexibility index (Phi) is 6.42. The molecule has 3 nitrogen and oxygen atoms in total. The van der Waals surface area contributed by atoms with Gasteiger partial charge in [0.2, 0.25) is 0 Å². The lowest BCUT2D eigenvalue weighted by Crippen LogP contribution is -2.68. The van der Waals surface area contributed by atoms with E-state index >= 15 is 0 Å². The van der Waals surface area contributed by atoms with Crippen LogP contribution in [0.25, 0.3) is 0 Å². The Morgan fingerprint density at radius 3 is 1.62 bits per heavy atom. The number of methoxy groups -OCH3 is 1. The van der Waals surface area contributed by atoms with Crippen LogP contribution >= 0.6 is 0 Å². The van der Waals surface area contributed by atoms with Gasteiger partial charge >= 0.3 is 5.97 Å². The molecule has 2 aromatic rings. The van der Waals surface area contributed by atoms with Gasteiger partial charge in [0.05, 0.1) is 7.11 Å². The van der Waals surface area contributed by atoms with Crippen LogP contribution in [0.1, 0.15) is 34.6 Å². The average molecular weight is 371 g/mol. The quantitative estimate of drug-likeness (QED) is 0.574. The molecule has 0 N–H and O–H groups in total. The number of hydrogen-bond donors (Lipinski definition) is 0. The molecule has 2 rings (SSSR count). The predicted octanol–water partition coefficient (Wildman–Crippen LogP) is 3.76. The third-order valence-corrected chi connectivity index (χ3v) is 9.77. The number of esters is 1. The van der Waals surface area contributed by atoms with Crippen molar-refractivity contribution in [1.29, 1.82) is 0 Å². The van der Waals surface area contributed by atoms with E-state index < -0.39 is 14.4 Å². The van der Waals surface area contributed by atoms with E-state index in [-0.39, 0.29) is 16.9 Å². The Balaban J connectivity index is 2.73. The molecule has 0 unspecified atom stereocenters. The van der Waals surface area contributed by atoms with Gasteiger partial charge in [-0.05, 0) is 21.3 Å². The molecule has 140 valence electrons. The van der Waals surface area contributed by atoms with Gasteiger partial charge in [-0.25, -0.2) is 4.79 Å². The van der Waals surface area contributed by atoms with Crippen LogP contribution < -0.4 is 10.4 Å². The predicted molar refractivity (Wildman–Crippen MR) is 109 cm³/mol. The highest BCUT2D eigenvalue weighted by molar-refractivity contribution is 6.99. The minimum Gasteiger partial charge on any atom is -0.467 e. The van der Waals surface area contributed by atoms with Crippen molar-refractivity contribution in [3.63, 3.8) is 0 Å². The van der Waals surface area contributed by atoms with Gasteiger partial charge < -0.3 is 9.16 Å². The maximum absolute atomic E-state index is 12.5. The van der Waals surface area contributed by atoms with Crippen molar-refractivity contribution in [2.24, 2.45) is 5.92 Å². The fourth-order valence-corrected chi connectivity index (χ4v) is 8.22. The van der Waals surface area contributed by atoms with Gasteiger partial charge in [0.1, 0.15) is 6.10 Å². The maximum atomic E-state index is 12.5. The summed E-state index contributed by atoms with van der Waals surface area (Å²) in [5.41, 5.74) is 0. The third-order valence-electron chi connectivity index (χ3n) is 4.76. The van der Waals surface area contributed by atoms with Crippen molar-refractivity contribution in [3.05, 3.63) is 60.7 Å². The molecule has 0 aliphatic rings. The van der Waals surface area contributed by atoms with Crippen LogP contribution in [0.2, 0.25) is 5.04 Å². The van der Waals surface area contributed by atoms with Crippen molar-refractivity contribution in [1.82, 2.24) is 0 Å². The van der Waals surface area contributed by atoms with Gasteiger partial charge in [-0.15, -0.1) is 0 Å². The normalized spacial score (nSPS) is 13.5. The van der Waals surface area contributed by atoms with E-state index in [0.29, 0.717) is 0 Å². The summed E-state index contributed by atoms with van der Waals surface area (Å²) >= 11 is 0. The summed E-state index contributed by atoms with van der Waals surface area (Å²) in [5, 5.41) is 2.15. The molecule has 4 heteroatoms. The number of carbonyl (C=O) groups is 1. The lowest BCUT2D eigenvalue weighted by molar-refractivity contribution is -0.151. The second kappa shape index (κ2) is 8.19. The first-order valence-corrected chi connectivity index (χ1v) is 11.0. The summed E-state index contributed by atoms with van der Waals surface area (Å²) in [7, 11) is -1.33. The summed E-state index contributed by atoms with van der Waals surface area (Å²) < 4.78 is 11.9. The van der Waals surface area contributed by atoms with Crippen LogP contribution in [0.15, 0.2) is 60.7 Å². The fourth-order valence-electron chi connectivity index (χ4n) is 3.45. The van der Waals surface area contributed by atoms with E-state index in [1.54, 1.807) is 0 Å². The van der Waals surface area contributed by atoms with Crippen LogP contribution in [0.4, 0.5) is 0 Å². The summed E-state index contributed by atoms with van der Waals surface area (Å²) in [6.45, 7) is 10.6. The zero-order valence-electron chi connectivity index (χ0n) is 16.7. The van der Waals surface area contributed by atoms with Crippen molar-refractivity contribution in [2.45, 2.75) is 45.8 Å². The molecule has 0 aliphatic carbocycles. The van der Waals surface area contributed by atoms with Crippen LogP contribution in [-0.4, -0.2) is 27.5 Å². The van der Waals surface area contributed by atoms with Crippen LogP contribution in [0, 0.1) is 5.92 Å². The highest BCUT2D eigenvalue weighted by Crippen LogP contribution is 2.38. The molecule has 0 radical (unpaired) electrons. The largest absolute Gasteiger partial charge is 0.467 e. The van der Waals surface area contributed by atoms with Gasteiger partial charge in [-0.3, -0.25) is 0 Å². The molecule has 1 atom stereocenters. The van der Waals surface area contributed by atoms with Gasteiger partial charge in [0, 0.05) is 0 Å². The minimum atomic E-state index is -2.76. The van der Waals surface area contributed by atoms with Crippen molar-refractivity contribution in [2.75, 3.05) is 7.11 Å². The van der Waals surface area contributed by atoms with Crippen molar-refractivity contribution in [3.8, 4) is 0 Å². The first-order valence-electron chi connectivity index (χ1n) is 9.10. The first-order chi connectivity index (χ1) is 12.2. The number of rotatable bonds is 6. The number of benzene rings is 2.